The molecule has 0 saturated heterocycles. The quantitative estimate of drug-likeness (QED) is 0.689. The van der Waals surface area contributed by atoms with E-state index in [4.69, 9.17) is 16.3 Å². The number of aromatic nitrogens is 1. The van der Waals surface area contributed by atoms with Crippen LogP contribution in [0.4, 0.5) is 13.2 Å². The molecule has 2 rings (SSSR count). The third-order valence-electron chi connectivity index (χ3n) is 3.58. The zero-order chi connectivity index (χ0) is 19.9. The first-order valence-corrected chi connectivity index (χ1v) is 8.50. The van der Waals surface area contributed by atoms with Gasteiger partial charge in [-0.25, -0.2) is 0 Å². The summed E-state index contributed by atoms with van der Waals surface area (Å²) in [6.45, 7) is 0.583. The monoisotopic (exact) mass is 402 g/mol. The lowest BCUT2D eigenvalue weighted by atomic mass is 10.2. The van der Waals surface area contributed by atoms with E-state index in [0.29, 0.717) is 36.5 Å². The van der Waals surface area contributed by atoms with E-state index in [-0.39, 0.29) is 6.54 Å². The molecular weight excluding hydrogens is 385 g/mol. The summed E-state index contributed by atoms with van der Waals surface area (Å²) in [4.78, 5) is 23.7. The first kappa shape index (κ1) is 21.0. The van der Waals surface area contributed by atoms with Gasteiger partial charge in [0.25, 0.3) is 5.56 Å². The van der Waals surface area contributed by atoms with Crippen LogP contribution < -0.4 is 10.9 Å². The largest absolute Gasteiger partial charge is 0.417 e. The van der Waals surface area contributed by atoms with E-state index in [0.717, 1.165) is 5.56 Å². The summed E-state index contributed by atoms with van der Waals surface area (Å²) in [5, 5.41) is 1.94. The van der Waals surface area contributed by atoms with Gasteiger partial charge in [-0.2, -0.15) is 13.2 Å². The molecule has 0 aliphatic heterocycles. The molecule has 0 atom stereocenters. The second kappa shape index (κ2) is 9.57. The van der Waals surface area contributed by atoms with Crippen LogP contribution in [0.25, 0.3) is 0 Å². The van der Waals surface area contributed by atoms with Crippen molar-refractivity contribution in [1.29, 1.82) is 0 Å². The molecule has 0 bridgehead atoms. The average molecular weight is 403 g/mol. The van der Waals surface area contributed by atoms with E-state index in [1.165, 1.54) is 0 Å². The molecule has 1 aromatic heterocycles. The molecule has 27 heavy (non-hydrogen) atoms. The van der Waals surface area contributed by atoms with Crippen molar-refractivity contribution >= 4 is 17.5 Å². The lowest BCUT2D eigenvalue weighted by Crippen LogP contribution is -2.33. The van der Waals surface area contributed by atoms with Crippen molar-refractivity contribution in [1.82, 2.24) is 9.88 Å². The fourth-order valence-corrected chi connectivity index (χ4v) is 2.47. The number of hydrogen-bond acceptors (Lipinski definition) is 3. The molecule has 146 valence electrons. The number of benzene rings is 1. The van der Waals surface area contributed by atoms with Crippen molar-refractivity contribution in [2.75, 3.05) is 13.2 Å². The van der Waals surface area contributed by atoms with Crippen LogP contribution in [0.1, 0.15) is 17.5 Å². The molecule has 0 fully saturated rings. The fraction of sp³-hybridized carbons (Fsp3) is 0.333. The summed E-state index contributed by atoms with van der Waals surface area (Å²) in [5.74, 6) is -0.587. The minimum Gasteiger partial charge on any atom is -0.377 e. The van der Waals surface area contributed by atoms with Crippen molar-refractivity contribution in [2.45, 2.75) is 25.7 Å². The zero-order valence-electron chi connectivity index (χ0n) is 14.3. The van der Waals surface area contributed by atoms with Gasteiger partial charge < -0.3 is 14.6 Å². The molecule has 0 aliphatic rings. The third-order valence-corrected chi connectivity index (χ3v) is 3.85. The van der Waals surface area contributed by atoms with Gasteiger partial charge in [0, 0.05) is 19.3 Å². The summed E-state index contributed by atoms with van der Waals surface area (Å²) in [5.41, 5.74) is -0.914. The van der Waals surface area contributed by atoms with Gasteiger partial charge in [-0.1, -0.05) is 41.9 Å². The van der Waals surface area contributed by atoms with E-state index >= 15 is 0 Å². The lowest BCUT2D eigenvalue weighted by molar-refractivity contribution is -0.138. The molecule has 0 spiro atoms. The Hall–Kier alpha value is -2.32. The Morgan fingerprint density at radius 2 is 1.93 bits per heavy atom. The van der Waals surface area contributed by atoms with Crippen LogP contribution in [0.15, 0.2) is 47.4 Å². The van der Waals surface area contributed by atoms with Crippen LogP contribution in [0.2, 0.25) is 5.02 Å². The number of carbonyl (C=O) groups is 1. The number of pyridine rings is 1. The van der Waals surface area contributed by atoms with Gasteiger partial charge in [-0.05, 0) is 18.1 Å². The van der Waals surface area contributed by atoms with Crippen LogP contribution >= 0.6 is 11.6 Å². The van der Waals surface area contributed by atoms with Crippen LogP contribution in [0.3, 0.4) is 0 Å². The molecule has 0 saturated carbocycles. The molecule has 1 N–H and O–H groups in total. The van der Waals surface area contributed by atoms with Gasteiger partial charge in [-0.3, -0.25) is 9.59 Å². The van der Waals surface area contributed by atoms with E-state index in [1.807, 2.05) is 30.3 Å². The van der Waals surface area contributed by atoms with Gasteiger partial charge in [0.2, 0.25) is 5.91 Å². The highest BCUT2D eigenvalue weighted by Gasteiger charge is 2.32. The maximum absolute atomic E-state index is 12.8. The maximum atomic E-state index is 12.8. The normalized spacial score (nSPS) is 11.4. The number of amides is 1. The van der Waals surface area contributed by atoms with E-state index in [9.17, 15) is 22.8 Å². The smallest absolute Gasteiger partial charge is 0.377 e. The number of hydrogen-bond donors (Lipinski definition) is 1. The Balaban J connectivity index is 1.77. The standard InChI is InChI=1S/C18H18ClF3N2O3/c19-15-9-14(18(20,21)22)10-24(17(15)26)11-16(25)23-7-4-8-27-12-13-5-2-1-3-6-13/h1-3,5-6,9-10H,4,7-8,11-12H2,(H,23,25). The topological polar surface area (TPSA) is 60.3 Å². The molecule has 0 aliphatic carbocycles. The highest BCUT2D eigenvalue weighted by molar-refractivity contribution is 6.30. The maximum Gasteiger partial charge on any atom is 0.417 e. The predicted octanol–water partition coefficient (Wildman–Crippen LogP) is 3.24. The number of nitrogens with zero attached hydrogens (tertiary/aromatic N) is 1. The van der Waals surface area contributed by atoms with Crippen LogP contribution in [-0.4, -0.2) is 23.6 Å². The number of ether oxygens (including phenoxy) is 1. The van der Waals surface area contributed by atoms with Gasteiger partial charge in [0.15, 0.2) is 0 Å². The first-order valence-electron chi connectivity index (χ1n) is 8.13. The Morgan fingerprint density at radius 1 is 1.22 bits per heavy atom. The third kappa shape index (κ3) is 6.73. The Bertz CT molecular complexity index is 823. The summed E-state index contributed by atoms with van der Waals surface area (Å²) < 4.78 is 44.4. The number of alkyl halides is 3. The van der Waals surface area contributed by atoms with Crippen LogP contribution in [-0.2, 0) is 28.9 Å². The Morgan fingerprint density at radius 3 is 2.59 bits per heavy atom. The second-order valence-corrected chi connectivity index (χ2v) is 6.16. The number of carbonyl (C=O) groups excluding carboxylic acids is 1. The molecule has 0 unspecified atom stereocenters. The molecule has 2 aromatic rings. The van der Waals surface area contributed by atoms with Gasteiger partial charge in [0.1, 0.15) is 11.6 Å². The van der Waals surface area contributed by atoms with Crippen LogP contribution in [0, 0.1) is 0 Å². The van der Waals surface area contributed by atoms with Gasteiger partial charge >= 0.3 is 6.18 Å². The predicted molar refractivity (Wildman–Crippen MR) is 94.4 cm³/mol. The summed E-state index contributed by atoms with van der Waals surface area (Å²) >= 11 is 5.54. The molecule has 9 heteroatoms. The number of rotatable bonds is 8. The van der Waals surface area contributed by atoms with Crippen molar-refractivity contribution in [3.05, 3.63) is 69.1 Å². The first-order chi connectivity index (χ1) is 12.8. The minimum absolute atomic E-state index is 0.273. The van der Waals surface area contributed by atoms with Crippen LogP contribution in [0.5, 0.6) is 0 Å². The lowest BCUT2D eigenvalue weighted by Gasteiger charge is -2.12. The molecule has 1 aromatic carbocycles. The fourth-order valence-electron chi connectivity index (χ4n) is 2.25. The molecule has 1 amide bonds. The van der Waals surface area contributed by atoms with E-state index < -0.39 is 34.8 Å². The summed E-state index contributed by atoms with van der Waals surface area (Å²) in [7, 11) is 0. The van der Waals surface area contributed by atoms with Crippen molar-refractivity contribution < 1.29 is 22.7 Å². The van der Waals surface area contributed by atoms with Crippen molar-refractivity contribution in [2.24, 2.45) is 0 Å². The summed E-state index contributed by atoms with van der Waals surface area (Å²) in [6, 6.07) is 10.1. The summed E-state index contributed by atoms with van der Waals surface area (Å²) in [6.07, 6.45) is -3.56. The molecule has 1 heterocycles. The Kier molecular flexibility index (Phi) is 7.44. The van der Waals surface area contributed by atoms with Crippen molar-refractivity contribution in [3.63, 3.8) is 0 Å². The molecule has 0 radical (unpaired) electrons. The van der Waals surface area contributed by atoms with Gasteiger partial charge in [0.05, 0.1) is 12.2 Å². The van der Waals surface area contributed by atoms with Gasteiger partial charge in [-0.15, -0.1) is 0 Å². The highest BCUT2D eigenvalue weighted by Crippen LogP contribution is 2.29. The second-order valence-electron chi connectivity index (χ2n) is 5.75. The van der Waals surface area contributed by atoms with Crippen molar-refractivity contribution in [3.8, 4) is 0 Å². The molecular formula is C18H18ClF3N2O3. The average Bonchev–Trinajstić information content (AvgIpc) is 2.61. The number of nitrogens with one attached hydrogen (secondary N) is 1. The van der Waals surface area contributed by atoms with E-state index in [2.05, 4.69) is 5.32 Å². The zero-order valence-corrected chi connectivity index (χ0v) is 15.0. The number of halogens is 4. The molecule has 5 nitrogen and oxygen atoms in total. The highest BCUT2D eigenvalue weighted by atomic mass is 35.5. The SMILES string of the molecule is O=C(Cn1cc(C(F)(F)F)cc(Cl)c1=O)NCCCOCc1ccccc1. The minimum atomic E-state index is -4.66. The Labute approximate surface area is 158 Å². The van der Waals surface area contributed by atoms with E-state index in [1.54, 1.807) is 0 Å².